The number of hydrogen-bond acceptors (Lipinski definition) is 3. The third-order valence-corrected chi connectivity index (χ3v) is 3.56. The molecule has 2 aliphatic rings. The van der Waals surface area contributed by atoms with Gasteiger partial charge in [0, 0.05) is 32.2 Å². The molecule has 0 amide bonds. The van der Waals surface area contributed by atoms with E-state index in [2.05, 4.69) is 22.4 Å². The predicted octanol–water partition coefficient (Wildman–Crippen LogP) is 1.73. The number of rotatable bonds is 2. The second-order valence-corrected chi connectivity index (χ2v) is 4.56. The highest BCUT2D eigenvalue weighted by atomic mass is 16.3. The van der Waals surface area contributed by atoms with Crippen LogP contribution in [-0.4, -0.2) is 37.1 Å². The summed E-state index contributed by atoms with van der Waals surface area (Å²) in [5.74, 6) is 1.05. The van der Waals surface area contributed by atoms with E-state index >= 15 is 0 Å². The van der Waals surface area contributed by atoms with Gasteiger partial charge in [-0.15, -0.1) is 0 Å². The Morgan fingerprint density at radius 1 is 1.31 bits per heavy atom. The fourth-order valence-electron chi connectivity index (χ4n) is 2.67. The van der Waals surface area contributed by atoms with Crippen molar-refractivity contribution in [2.45, 2.75) is 18.9 Å². The molecule has 1 aromatic rings. The fraction of sp³-hybridized carbons (Fsp3) is 0.538. The van der Waals surface area contributed by atoms with E-state index in [0.29, 0.717) is 6.04 Å². The Morgan fingerprint density at radius 3 is 2.94 bits per heavy atom. The summed E-state index contributed by atoms with van der Waals surface area (Å²) in [6, 6.07) is 4.66. The zero-order chi connectivity index (χ0) is 10.8. The fourth-order valence-corrected chi connectivity index (χ4v) is 2.67. The summed E-state index contributed by atoms with van der Waals surface area (Å²) in [4.78, 5) is 2.58. The largest absolute Gasteiger partial charge is 0.465 e. The molecule has 0 radical (unpaired) electrons. The van der Waals surface area contributed by atoms with Crippen molar-refractivity contribution in [3.8, 4) is 0 Å². The summed E-state index contributed by atoms with van der Waals surface area (Å²) < 4.78 is 5.45. The van der Waals surface area contributed by atoms with E-state index in [1.165, 1.54) is 25.1 Å². The van der Waals surface area contributed by atoms with Gasteiger partial charge in [0.2, 0.25) is 0 Å². The zero-order valence-corrected chi connectivity index (χ0v) is 9.48. The van der Waals surface area contributed by atoms with Crippen LogP contribution in [0.3, 0.4) is 0 Å². The molecule has 1 atom stereocenters. The minimum Gasteiger partial charge on any atom is -0.465 e. The lowest BCUT2D eigenvalue weighted by atomic mass is 10.2. The van der Waals surface area contributed by atoms with Gasteiger partial charge in [0.15, 0.2) is 0 Å². The van der Waals surface area contributed by atoms with Crippen molar-refractivity contribution in [1.82, 2.24) is 10.2 Å². The number of nitrogens with zero attached hydrogens (tertiary/aromatic N) is 1. The summed E-state index contributed by atoms with van der Waals surface area (Å²) in [5.41, 5.74) is 1.38. The molecule has 1 saturated heterocycles. The molecule has 1 aromatic heterocycles. The van der Waals surface area contributed by atoms with Gasteiger partial charge in [-0.3, -0.25) is 4.90 Å². The van der Waals surface area contributed by atoms with Crippen LogP contribution in [0.1, 0.15) is 18.6 Å². The highest BCUT2D eigenvalue weighted by molar-refractivity contribution is 5.64. The highest BCUT2D eigenvalue weighted by Gasteiger charge is 2.24. The van der Waals surface area contributed by atoms with E-state index in [9.17, 15) is 0 Å². The maximum absolute atomic E-state index is 5.45. The van der Waals surface area contributed by atoms with Crippen LogP contribution in [0.5, 0.6) is 0 Å². The Labute approximate surface area is 96.1 Å². The van der Waals surface area contributed by atoms with E-state index < -0.39 is 0 Å². The van der Waals surface area contributed by atoms with Gasteiger partial charge in [-0.25, -0.2) is 0 Å². The van der Waals surface area contributed by atoms with Gasteiger partial charge in [-0.1, -0.05) is 6.08 Å². The lowest BCUT2D eigenvalue weighted by molar-refractivity contribution is 0.200. The molecule has 16 heavy (non-hydrogen) atoms. The maximum atomic E-state index is 5.45. The Morgan fingerprint density at radius 2 is 2.19 bits per heavy atom. The molecule has 1 aliphatic heterocycles. The molecule has 86 valence electrons. The minimum atomic E-state index is 0.627. The second kappa shape index (κ2) is 4.44. The number of piperazine rings is 1. The summed E-state index contributed by atoms with van der Waals surface area (Å²) >= 11 is 0. The van der Waals surface area contributed by atoms with E-state index in [1.54, 1.807) is 6.26 Å². The topological polar surface area (TPSA) is 28.4 Å². The monoisotopic (exact) mass is 218 g/mol. The van der Waals surface area contributed by atoms with Crippen LogP contribution < -0.4 is 5.32 Å². The van der Waals surface area contributed by atoms with E-state index in [1.807, 2.05) is 6.07 Å². The van der Waals surface area contributed by atoms with Crippen molar-refractivity contribution in [3.05, 3.63) is 30.2 Å². The van der Waals surface area contributed by atoms with Crippen molar-refractivity contribution in [2.75, 3.05) is 26.2 Å². The number of furan rings is 1. The van der Waals surface area contributed by atoms with E-state index in [0.717, 1.165) is 25.3 Å². The SMILES string of the molecule is C1=C(c2ccco2)CCC1N1CCNCC1. The lowest BCUT2D eigenvalue weighted by Crippen LogP contribution is -2.47. The molecule has 1 fully saturated rings. The normalized spacial score (nSPS) is 27.0. The maximum Gasteiger partial charge on any atom is 0.129 e. The average Bonchev–Trinajstić information content (AvgIpc) is 3.01. The molecule has 1 aliphatic carbocycles. The molecule has 3 heteroatoms. The number of nitrogens with one attached hydrogen (secondary N) is 1. The van der Waals surface area contributed by atoms with Gasteiger partial charge in [-0.2, -0.15) is 0 Å². The Bertz CT molecular complexity index is 363. The van der Waals surface area contributed by atoms with Gasteiger partial charge >= 0.3 is 0 Å². The summed E-state index contributed by atoms with van der Waals surface area (Å²) in [5, 5.41) is 3.40. The zero-order valence-electron chi connectivity index (χ0n) is 9.48. The van der Waals surface area contributed by atoms with Crippen LogP contribution in [-0.2, 0) is 0 Å². The molecule has 0 bridgehead atoms. The van der Waals surface area contributed by atoms with Crippen LogP contribution in [0.4, 0.5) is 0 Å². The molecule has 1 unspecified atom stereocenters. The van der Waals surface area contributed by atoms with Gasteiger partial charge < -0.3 is 9.73 Å². The minimum absolute atomic E-state index is 0.627. The van der Waals surface area contributed by atoms with Crippen LogP contribution in [0, 0.1) is 0 Å². The first-order valence-corrected chi connectivity index (χ1v) is 6.13. The van der Waals surface area contributed by atoms with Gasteiger partial charge in [-0.05, 0) is 30.5 Å². The third-order valence-electron chi connectivity index (χ3n) is 3.56. The first-order valence-electron chi connectivity index (χ1n) is 6.13. The van der Waals surface area contributed by atoms with Crippen LogP contribution in [0.25, 0.3) is 5.57 Å². The molecule has 0 saturated carbocycles. The first-order chi connectivity index (χ1) is 7.93. The first kappa shape index (κ1) is 10.1. The van der Waals surface area contributed by atoms with Gasteiger partial charge in [0.25, 0.3) is 0 Å². The molecule has 2 heterocycles. The van der Waals surface area contributed by atoms with Crippen molar-refractivity contribution in [2.24, 2.45) is 0 Å². The van der Waals surface area contributed by atoms with Crippen molar-refractivity contribution in [1.29, 1.82) is 0 Å². The average molecular weight is 218 g/mol. The standard InChI is InChI=1S/C13H18N2O/c1-2-13(16-9-1)11-3-4-12(10-11)15-7-5-14-6-8-15/h1-2,9-10,12,14H,3-8H2. The smallest absolute Gasteiger partial charge is 0.129 e. The highest BCUT2D eigenvalue weighted by Crippen LogP contribution is 2.30. The molecule has 1 N–H and O–H groups in total. The van der Waals surface area contributed by atoms with Crippen LogP contribution in [0.15, 0.2) is 28.9 Å². The molecule has 0 aromatic carbocycles. The molecule has 0 spiro atoms. The van der Waals surface area contributed by atoms with Crippen LogP contribution in [0.2, 0.25) is 0 Å². The van der Waals surface area contributed by atoms with Gasteiger partial charge in [0.1, 0.15) is 5.76 Å². The van der Waals surface area contributed by atoms with Crippen molar-refractivity contribution >= 4 is 5.57 Å². The molecular formula is C13H18N2O. The van der Waals surface area contributed by atoms with E-state index in [-0.39, 0.29) is 0 Å². The number of allylic oxidation sites excluding steroid dienone is 1. The molecule has 3 nitrogen and oxygen atoms in total. The Balaban J connectivity index is 1.70. The summed E-state index contributed by atoms with van der Waals surface area (Å²) in [6.45, 7) is 4.60. The van der Waals surface area contributed by atoms with E-state index in [4.69, 9.17) is 4.42 Å². The summed E-state index contributed by atoms with van der Waals surface area (Å²) in [6.07, 6.45) is 6.55. The Kier molecular flexibility index (Phi) is 2.80. The molecular weight excluding hydrogens is 200 g/mol. The number of hydrogen-bond donors (Lipinski definition) is 1. The summed E-state index contributed by atoms with van der Waals surface area (Å²) in [7, 11) is 0. The second-order valence-electron chi connectivity index (χ2n) is 4.56. The Hall–Kier alpha value is -1.06. The van der Waals surface area contributed by atoms with Crippen LogP contribution >= 0.6 is 0 Å². The van der Waals surface area contributed by atoms with Crippen molar-refractivity contribution in [3.63, 3.8) is 0 Å². The lowest BCUT2D eigenvalue weighted by Gasteiger charge is -2.31. The predicted molar refractivity (Wildman–Crippen MR) is 64.1 cm³/mol. The quantitative estimate of drug-likeness (QED) is 0.819. The molecule has 3 rings (SSSR count). The van der Waals surface area contributed by atoms with Gasteiger partial charge in [0.05, 0.1) is 6.26 Å². The van der Waals surface area contributed by atoms with Crippen molar-refractivity contribution < 1.29 is 4.42 Å². The third kappa shape index (κ3) is 1.93.